The van der Waals surface area contributed by atoms with Crippen LogP contribution in [0.5, 0.6) is 11.5 Å². The fraction of sp³-hybridized carbons (Fsp3) is 0.188. The molecule has 1 aromatic rings. The Labute approximate surface area is 120 Å². The second-order valence-electron chi connectivity index (χ2n) is 5.19. The molecule has 1 aromatic carbocycles. The number of rotatable bonds is 0. The predicted molar refractivity (Wildman–Crippen MR) is 73.1 cm³/mol. The number of aliphatic hydroxyl groups is 1. The third-order valence-electron chi connectivity index (χ3n) is 3.97. The standard InChI is InChI=1S/C16H12O5/c17-8-4-13(19)15-11-7-21-16-9(2-1-3-12(16)18)10(11)6-20-14(15)5-8/h1-5,10,18-19H,6-7H2. The van der Waals surface area contributed by atoms with Crippen LogP contribution in [0.4, 0.5) is 0 Å². The van der Waals surface area contributed by atoms with Crippen LogP contribution in [0, 0.1) is 0 Å². The average Bonchev–Trinajstić information content (AvgIpc) is 2.46. The first-order chi connectivity index (χ1) is 10.1. The summed E-state index contributed by atoms with van der Waals surface area (Å²) in [6.07, 6.45) is 2.55. The second kappa shape index (κ2) is 4.15. The minimum Gasteiger partial charge on any atom is -0.507 e. The van der Waals surface area contributed by atoms with E-state index in [1.165, 1.54) is 12.2 Å². The van der Waals surface area contributed by atoms with Crippen LogP contribution >= 0.6 is 0 Å². The zero-order valence-electron chi connectivity index (χ0n) is 11.0. The van der Waals surface area contributed by atoms with Crippen molar-refractivity contribution < 1.29 is 24.5 Å². The summed E-state index contributed by atoms with van der Waals surface area (Å²) < 4.78 is 11.3. The number of phenols is 1. The lowest BCUT2D eigenvalue weighted by Crippen LogP contribution is -2.29. The van der Waals surface area contributed by atoms with Crippen molar-refractivity contribution >= 4 is 5.78 Å². The molecular weight excluding hydrogens is 272 g/mol. The van der Waals surface area contributed by atoms with Crippen molar-refractivity contribution in [3.63, 3.8) is 0 Å². The molecule has 1 aliphatic carbocycles. The van der Waals surface area contributed by atoms with Crippen LogP contribution < -0.4 is 4.74 Å². The Morgan fingerprint density at radius 2 is 2.00 bits per heavy atom. The van der Waals surface area contributed by atoms with E-state index in [-0.39, 0.29) is 29.8 Å². The van der Waals surface area contributed by atoms with Crippen LogP contribution in [0.1, 0.15) is 11.5 Å². The zero-order chi connectivity index (χ0) is 14.6. The number of hydrogen-bond donors (Lipinski definition) is 2. The number of fused-ring (bicyclic) bond motifs is 4. The normalized spacial score (nSPS) is 23.0. The minimum absolute atomic E-state index is 0.0931. The quantitative estimate of drug-likeness (QED) is 0.763. The van der Waals surface area contributed by atoms with E-state index in [0.717, 1.165) is 11.1 Å². The lowest BCUT2D eigenvalue weighted by molar-refractivity contribution is -0.110. The van der Waals surface area contributed by atoms with Crippen molar-refractivity contribution in [1.82, 2.24) is 0 Å². The van der Waals surface area contributed by atoms with Crippen LogP contribution in [-0.4, -0.2) is 29.2 Å². The number of aromatic hydroxyl groups is 1. The van der Waals surface area contributed by atoms with E-state index < -0.39 is 0 Å². The maximum Gasteiger partial charge on any atom is 0.186 e. The molecule has 1 atom stereocenters. The van der Waals surface area contributed by atoms with Gasteiger partial charge in [-0.2, -0.15) is 0 Å². The summed E-state index contributed by atoms with van der Waals surface area (Å²) in [5.74, 6) is 0.453. The number of para-hydroxylation sites is 1. The summed E-state index contributed by atoms with van der Waals surface area (Å²) in [5, 5.41) is 19.9. The Bertz CT molecular complexity index is 754. The highest BCUT2D eigenvalue weighted by Crippen LogP contribution is 2.47. The van der Waals surface area contributed by atoms with Gasteiger partial charge in [-0.05, 0) is 11.6 Å². The van der Waals surface area contributed by atoms with E-state index >= 15 is 0 Å². The van der Waals surface area contributed by atoms with Gasteiger partial charge < -0.3 is 19.7 Å². The fourth-order valence-corrected chi connectivity index (χ4v) is 3.03. The van der Waals surface area contributed by atoms with Crippen LogP contribution in [0.2, 0.25) is 0 Å². The predicted octanol–water partition coefficient (Wildman–Crippen LogP) is 2.10. The van der Waals surface area contributed by atoms with E-state index in [2.05, 4.69) is 0 Å². The molecule has 0 spiro atoms. The molecule has 5 nitrogen and oxygen atoms in total. The third-order valence-corrected chi connectivity index (χ3v) is 3.97. The van der Waals surface area contributed by atoms with E-state index in [0.29, 0.717) is 23.7 Å². The summed E-state index contributed by atoms with van der Waals surface area (Å²) in [6, 6.07) is 5.19. The molecule has 0 saturated heterocycles. The summed E-state index contributed by atoms with van der Waals surface area (Å²) in [5.41, 5.74) is 2.22. The first kappa shape index (κ1) is 12.1. The molecule has 0 saturated carbocycles. The molecule has 2 aliphatic heterocycles. The number of allylic oxidation sites excluding steroid dienone is 2. The highest BCUT2D eigenvalue weighted by molar-refractivity contribution is 6.02. The molecular formula is C16H12O5. The van der Waals surface area contributed by atoms with Crippen LogP contribution in [0.25, 0.3) is 0 Å². The van der Waals surface area contributed by atoms with Gasteiger partial charge in [0.1, 0.15) is 18.1 Å². The van der Waals surface area contributed by atoms with Crippen molar-refractivity contribution in [2.24, 2.45) is 0 Å². The smallest absolute Gasteiger partial charge is 0.186 e. The fourth-order valence-electron chi connectivity index (χ4n) is 3.03. The molecule has 0 fully saturated rings. The number of carbonyl (C=O) groups excluding carboxylic acids is 1. The molecule has 0 radical (unpaired) electrons. The summed E-state index contributed by atoms with van der Waals surface area (Å²) in [6.45, 7) is 0.600. The Morgan fingerprint density at radius 3 is 2.86 bits per heavy atom. The van der Waals surface area contributed by atoms with Gasteiger partial charge in [0.2, 0.25) is 0 Å². The minimum atomic E-state index is -0.292. The molecule has 1 unspecified atom stereocenters. The van der Waals surface area contributed by atoms with E-state index in [1.807, 2.05) is 6.07 Å². The van der Waals surface area contributed by atoms with Gasteiger partial charge in [-0.15, -0.1) is 0 Å². The second-order valence-corrected chi connectivity index (χ2v) is 5.19. The lowest BCUT2D eigenvalue weighted by atomic mass is 9.82. The molecule has 3 aliphatic rings. The van der Waals surface area contributed by atoms with Crippen LogP contribution in [0.3, 0.4) is 0 Å². The Hall–Kier alpha value is -2.69. The molecule has 2 heterocycles. The molecule has 5 heteroatoms. The number of ketones is 1. The molecule has 0 bridgehead atoms. The van der Waals surface area contributed by atoms with Gasteiger partial charge in [0.05, 0.1) is 12.2 Å². The number of phenolic OH excluding ortho intramolecular Hbond substituents is 1. The van der Waals surface area contributed by atoms with E-state index in [9.17, 15) is 15.0 Å². The summed E-state index contributed by atoms with van der Waals surface area (Å²) >= 11 is 0. The first-order valence-electron chi connectivity index (χ1n) is 6.62. The number of aliphatic hydroxyl groups excluding tert-OH is 1. The largest absolute Gasteiger partial charge is 0.507 e. The van der Waals surface area contributed by atoms with Gasteiger partial charge >= 0.3 is 0 Å². The number of carbonyl (C=O) groups is 1. The van der Waals surface area contributed by atoms with Crippen molar-refractivity contribution in [1.29, 1.82) is 0 Å². The van der Waals surface area contributed by atoms with Gasteiger partial charge in [-0.3, -0.25) is 4.79 Å². The Balaban J connectivity index is 1.90. The van der Waals surface area contributed by atoms with Gasteiger partial charge in [-0.1, -0.05) is 12.1 Å². The summed E-state index contributed by atoms with van der Waals surface area (Å²) in [4.78, 5) is 11.5. The maximum atomic E-state index is 11.5. The van der Waals surface area contributed by atoms with Gasteiger partial charge in [-0.25, -0.2) is 0 Å². The molecule has 21 heavy (non-hydrogen) atoms. The van der Waals surface area contributed by atoms with Crippen molar-refractivity contribution in [3.05, 3.63) is 58.6 Å². The molecule has 2 N–H and O–H groups in total. The van der Waals surface area contributed by atoms with Gasteiger partial charge in [0, 0.05) is 23.6 Å². The SMILES string of the molecule is O=C1C=C(O)C2=C3COc4c(O)cccc4C3COC2=C1. The third kappa shape index (κ3) is 1.67. The molecule has 4 rings (SSSR count). The average molecular weight is 284 g/mol. The van der Waals surface area contributed by atoms with Crippen molar-refractivity contribution in [3.8, 4) is 11.5 Å². The maximum absolute atomic E-state index is 11.5. The van der Waals surface area contributed by atoms with Gasteiger partial charge in [0.25, 0.3) is 0 Å². The Kier molecular flexibility index (Phi) is 2.39. The number of hydrogen-bond acceptors (Lipinski definition) is 5. The summed E-state index contributed by atoms with van der Waals surface area (Å²) in [7, 11) is 0. The number of benzene rings is 1. The molecule has 0 amide bonds. The zero-order valence-corrected chi connectivity index (χ0v) is 11.0. The number of ether oxygens (including phenoxy) is 2. The lowest BCUT2D eigenvalue weighted by Gasteiger charge is -2.35. The van der Waals surface area contributed by atoms with E-state index in [4.69, 9.17) is 9.47 Å². The highest BCUT2D eigenvalue weighted by Gasteiger charge is 2.37. The van der Waals surface area contributed by atoms with Crippen molar-refractivity contribution in [2.45, 2.75) is 5.92 Å². The first-order valence-corrected chi connectivity index (χ1v) is 6.62. The Morgan fingerprint density at radius 1 is 1.14 bits per heavy atom. The molecule has 106 valence electrons. The molecule has 0 aromatic heterocycles. The van der Waals surface area contributed by atoms with Crippen LogP contribution in [0.15, 0.2) is 53.0 Å². The monoisotopic (exact) mass is 284 g/mol. The highest BCUT2D eigenvalue weighted by atomic mass is 16.5. The van der Waals surface area contributed by atoms with Crippen molar-refractivity contribution in [2.75, 3.05) is 13.2 Å². The van der Waals surface area contributed by atoms with E-state index in [1.54, 1.807) is 12.1 Å². The van der Waals surface area contributed by atoms with Gasteiger partial charge in [0.15, 0.2) is 17.3 Å². The topological polar surface area (TPSA) is 76.0 Å². The van der Waals surface area contributed by atoms with Crippen LogP contribution in [-0.2, 0) is 9.53 Å².